The number of hydrogen-bond acceptors (Lipinski definition) is 3. The normalized spacial score (nSPS) is 9.94. The molecule has 0 bridgehead atoms. The van der Waals surface area contributed by atoms with Gasteiger partial charge in [-0.15, -0.1) is 0 Å². The molecule has 1 N–H and O–H groups in total. The fraction of sp³-hybridized carbons (Fsp3) is 0.273. The van der Waals surface area contributed by atoms with Gasteiger partial charge >= 0.3 is 0 Å². The van der Waals surface area contributed by atoms with Crippen molar-refractivity contribution in [1.82, 2.24) is 0 Å². The summed E-state index contributed by atoms with van der Waals surface area (Å²) in [5.74, 6) is 0.0137. The fourth-order valence-electron chi connectivity index (χ4n) is 1.26. The van der Waals surface area contributed by atoms with Gasteiger partial charge in [-0.1, -0.05) is 11.6 Å². The van der Waals surface area contributed by atoms with Crippen LogP contribution in [0.4, 0.5) is 5.69 Å². The fourth-order valence-corrected chi connectivity index (χ4v) is 1.56. The zero-order valence-corrected chi connectivity index (χ0v) is 10.4. The Hall–Kier alpha value is -1.00. The highest BCUT2D eigenvalue weighted by Gasteiger charge is 2.07. The van der Waals surface area contributed by atoms with E-state index in [0.717, 1.165) is 0 Å². The number of carbonyl (C=O) groups excluding carboxylic acids is 2. The van der Waals surface area contributed by atoms with Crippen molar-refractivity contribution in [2.75, 3.05) is 11.1 Å². The van der Waals surface area contributed by atoms with E-state index in [0.29, 0.717) is 16.3 Å². The Labute approximate surface area is 105 Å². The van der Waals surface area contributed by atoms with Gasteiger partial charge in [0, 0.05) is 29.8 Å². The molecule has 1 aromatic rings. The van der Waals surface area contributed by atoms with E-state index >= 15 is 0 Å². The molecule has 5 heteroatoms. The summed E-state index contributed by atoms with van der Waals surface area (Å²) >= 11 is 9.84. The number of ketones is 1. The van der Waals surface area contributed by atoms with Crippen LogP contribution in [-0.2, 0) is 16.0 Å². The summed E-state index contributed by atoms with van der Waals surface area (Å²) in [5, 5.41) is 3.15. The molecule has 0 spiro atoms. The lowest BCUT2D eigenvalue weighted by molar-refractivity contribution is -0.116. The van der Waals surface area contributed by atoms with Crippen molar-refractivity contribution in [2.45, 2.75) is 13.3 Å². The van der Waals surface area contributed by atoms with E-state index in [-0.39, 0.29) is 23.9 Å². The molecule has 1 amide bonds. The second-order valence-electron chi connectivity index (χ2n) is 3.36. The van der Waals surface area contributed by atoms with Gasteiger partial charge in [0.05, 0.1) is 0 Å². The van der Waals surface area contributed by atoms with Gasteiger partial charge < -0.3 is 5.32 Å². The first-order chi connectivity index (χ1) is 7.52. The molecule has 1 aromatic carbocycles. The lowest BCUT2D eigenvalue weighted by atomic mass is 10.1. The third kappa shape index (κ3) is 3.87. The first kappa shape index (κ1) is 13.1. The number of halogens is 1. The van der Waals surface area contributed by atoms with E-state index < -0.39 is 0 Å². The van der Waals surface area contributed by atoms with Crippen molar-refractivity contribution in [1.29, 1.82) is 0 Å². The zero-order chi connectivity index (χ0) is 12.1. The molecule has 0 radical (unpaired) electrons. The maximum atomic E-state index is 11.2. The lowest BCUT2D eigenvalue weighted by Gasteiger charge is -2.07. The van der Waals surface area contributed by atoms with Gasteiger partial charge in [0.2, 0.25) is 5.91 Å². The molecular weight excluding hydrogens is 246 g/mol. The van der Waals surface area contributed by atoms with E-state index in [1.165, 1.54) is 6.92 Å². The zero-order valence-electron chi connectivity index (χ0n) is 8.79. The molecule has 16 heavy (non-hydrogen) atoms. The predicted molar refractivity (Wildman–Crippen MR) is 68.3 cm³/mol. The Kier molecular flexibility index (Phi) is 4.83. The largest absolute Gasteiger partial charge is 0.326 e. The second-order valence-corrected chi connectivity index (χ2v) is 4.08. The monoisotopic (exact) mass is 257 g/mol. The number of thiol groups is 1. The number of anilines is 1. The summed E-state index contributed by atoms with van der Waals surface area (Å²) < 4.78 is 0. The Balaban J connectivity index is 2.90. The van der Waals surface area contributed by atoms with Crippen molar-refractivity contribution in [2.24, 2.45) is 0 Å². The third-order valence-corrected chi connectivity index (χ3v) is 2.65. The number of hydrogen-bond donors (Lipinski definition) is 2. The van der Waals surface area contributed by atoms with Crippen molar-refractivity contribution in [3.63, 3.8) is 0 Å². The van der Waals surface area contributed by atoms with E-state index in [1.54, 1.807) is 18.2 Å². The minimum absolute atomic E-state index is 0.00907. The summed E-state index contributed by atoms with van der Waals surface area (Å²) in [4.78, 5) is 22.1. The van der Waals surface area contributed by atoms with Crippen LogP contribution in [0, 0.1) is 0 Å². The highest BCUT2D eigenvalue weighted by Crippen LogP contribution is 2.21. The number of benzene rings is 1. The van der Waals surface area contributed by atoms with Crippen LogP contribution in [0.25, 0.3) is 0 Å². The topological polar surface area (TPSA) is 46.2 Å². The first-order valence-electron chi connectivity index (χ1n) is 4.71. The van der Waals surface area contributed by atoms with Crippen LogP contribution in [0.15, 0.2) is 18.2 Å². The van der Waals surface area contributed by atoms with Gasteiger partial charge in [0.15, 0.2) is 0 Å². The highest BCUT2D eigenvalue weighted by molar-refractivity contribution is 7.81. The molecule has 0 heterocycles. The average Bonchev–Trinajstić information content (AvgIpc) is 2.22. The Morgan fingerprint density at radius 3 is 2.69 bits per heavy atom. The van der Waals surface area contributed by atoms with Crippen LogP contribution in [0.1, 0.15) is 12.5 Å². The first-order valence-corrected chi connectivity index (χ1v) is 5.72. The lowest BCUT2D eigenvalue weighted by Crippen LogP contribution is -2.08. The molecule has 0 atom stereocenters. The van der Waals surface area contributed by atoms with Crippen LogP contribution < -0.4 is 5.32 Å². The van der Waals surface area contributed by atoms with Crippen LogP contribution in [-0.4, -0.2) is 17.4 Å². The van der Waals surface area contributed by atoms with Crippen molar-refractivity contribution >= 4 is 41.6 Å². The number of rotatable bonds is 4. The Morgan fingerprint density at radius 1 is 1.44 bits per heavy atom. The van der Waals surface area contributed by atoms with Gasteiger partial charge in [0.1, 0.15) is 5.78 Å². The number of amides is 1. The smallest absolute Gasteiger partial charge is 0.221 e. The number of nitrogens with one attached hydrogen (secondary N) is 1. The van der Waals surface area contributed by atoms with Gasteiger partial charge in [-0.3, -0.25) is 9.59 Å². The minimum Gasteiger partial charge on any atom is -0.326 e. The van der Waals surface area contributed by atoms with Gasteiger partial charge in [-0.05, 0) is 23.8 Å². The van der Waals surface area contributed by atoms with Crippen molar-refractivity contribution in [3.8, 4) is 0 Å². The molecule has 86 valence electrons. The third-order valence-electron chi connectivity index (χ3n) is 1.93. The number of carbonyl (C=O) groups is 2. The Bertz CT molecular complexity index is 420. The minimum atomic E-state index is -0.159. The molecule has 3 nitrogen and oxygen atoms in total. The quantitative estimate of drug-likeness (QED) is 0.814. The summed E-state index contributed by atoms with van der Waals surface area (Å²) in [7, 11) is 0. The summed E-state index contributed by atoms with van der Waals surface area (Å²) in [5.41, 5.74) is 1.34. The maximum Gasteiger partial charge on any atom is 0.221 e. The standard InChI is InChI=1S/C11H12ClNO2S/c1-7(14)13-9-2-3-11(12)8(4-9)5-10(15)6-16/h2-4,16H,5-6H2,1H3,(H,13,14). The van der Waals surface area contributed by atoms with Crippen LogP contribution in [0.5, 0.6) is 0 Å². The molecular formula is C11H12ClNO2S. The molecule has 0 aliphatic rings. The average molecular weight is 258 g/mol. The molecule has 0 aliphatic heterocycles. The van der Waals surface area contributed by atoms with E-state index in [2.05, 4.69) is 17.9 Å². The summed E-state index contributed by atoms with van der Waals surface area (Å²) in [6, 6.07) is 5.05. The van der Waals surface area contributed by atoms with Gasteiger partial charge in [-0.25, -0.2) is 0 Å². The van der Waals surface area contributed by atoms with Crippen LogP contribution in [0.3, 0.4) is 0 Å². The van der Waals surface area contributed by atoms with Gasteiger partial charge in [-0.2, -0.15) is 12.6 Å². The van der Waals surface area contributed by atoms with Crippen molar-refractivity contribution < 1.29 is 9.59 Å². The molecule has 0 fully saturated rings. The van der Waals surface area contributed by atoms with E-state index in [1.807, 2.05) is 0 Å². The SMILES string of the molecule is CC(=O)Nc1ccc(Cl)c(CC(=O)CS)c1. The predicted octanol–water partition coefficient (Wildman–Crippen LogP) is 2.34. The molecule has 0 aromatic heterocycles. The van der Waals surface area contributed by atoms with E-state index in [4.69, 9.17) is 11.6 Å². The van der Waals surface area contributed by atoms with E-state index in [9.17, 15) is 9.59 Å². The highest BCUT2D eigenvalue weighted by atomic mass is 35.5. The maximum absolute atomic E-state index is 11.2. The summed E-state index contributed by atoms with van der Waals surface area (Å²) in [6.07, 6.45) is 0.232. The second kappa shape index (κ2) is 5.92. The molecule has 0 saturated heterocycles. The van der Waals surface area contributed by atoms with Crippen molar-refractivity contribution in [3.05, 3.63) is 28.8 Å². The molecule has 1 rings (SSSR count). The van der Waals surface area contributed by atoms with Gasteiger partial charge in [0.25, 0.3) is 0 Å². The van der Waals surface area contributed by atoms with Crippen LogP contribution in [0.2, 0.25) is 5.02 Å². The molecule has 0 saturated carbocycles. The summed E-state index contributed by atoms with van der Waals surface area (Å²) in [6.45, 7) is 1.42. The molecule has 0 aliphatic carbocycles. The molecule has 0 unspecified atom stereocenters. The van der Waals surface area contributed by atoms with Crippen LogP contribution >= 0.6 is 24.2 Å². The number of Topliss-reactive ketones (excluding diaryl/α,β-unsaturated/α-hetero) is 1. The Morgan fingerprint density at radius 2 is 2.12 bits per heavy atom.